The lowest BCUT2D eigenvalue weighted by atomic mass is 10.1. The van der Waals surface area contributed by atoms with E-state index in [0.717, 1.165) is 11.1 Å². The number of esters is 1. The summed E-state index contributed by atoms with van der Waals surface area (Å²) in [6.45, 7) is 3.84. The Labute approximate surface area is 120 Å². The summed E-state index contributed by atoms with van der Waals surface area (Å²) < 4.78 is 28.4. The average Bonchev–Trinajstić information content (AvgIpc) is 2.76. The van der Waals surface area contributed by atoms with Crippen LogP contribution in [0.1, 0.15) is 40.7 Å². The largest absolute Gasteiger partial charge is 0.459 e. The lowest BCUT2D eigenvalue weighted by Crippen LogP contribution is -2.20. The molecule has 1 saturated carbocycles. The molecule has 1 aliphatic carbocycles. The Bertz CT molecular complexity index is 619. The molecule has 0 saturated heterocycles. The highest BCUT2D eigenvalue weighted by Crippen LogP contribution is 2.28. The van der Waals surface area contributed by atoms with Gasteiger partial charge in [-0.05, 0) is 38.3 Å². The van der Waals surface area contributed by atoms with Gasteiger partial charge in [0.25, 0.3) is 0 Å². The maximum atomic E-state index is 12.1. The van der Waals surface area contributed by atoms with Gasteiger partial charge in [-0.25, -0.2) is 13.2 Å². The fraction of sp³-hybridized carbons (Fsp3) is 0.533. The molecule has 0 heterocycles. The number of carbonyl (C=O) groups excluding carboxylic acids is 1. The maximum Gasteiger partial charge on any atom is 0.338 e. The van der Waals surface area contributed by atoms with Crippen LogP contribution in [-0.2, 0) is 14.6 Å². The van der Waals surface area contributed by atoms with Crippen LogP contribution in [0.3, 0.4) is 0 Å². The molecule has 1 aliphatic rings. The Morgan fingerprint density at radius 2 is 1.95 bits per heavy atom. The van der Waals surface area contributed by atoms with Crippen molar-refractivity contribution < 1.29 is 17.9 Å². The van der Waals surface area contributed by atoms with Gasteiger partial charge in [0, 0.05) is 12.7 Å². The van der Waals surface area contributed by atoms with E-state index in [9.17, 15) is 13.2 Å². The van der Waals surface area contributed by atoms with Gasteiger partial charge in [-0.1, -0.05) is 17.7 Å². The van der Waals surface area contributed by atoms with E-state index in [-0.39, 0.29) is 17.3 Å². The monoisotopic (exact) mass is 296 g/mol. The SMILES string of the molecule is Cc1ccc(C(=O)O[C@H]2CC[C@@H](S(C)(=O)=O)C2)c(C)c1. The van der Waals surface area contributed by atoms with Crippen molar-refractivity contribution in [1.82, 2.24) is 0 Å². The van der Waals surface area contributed by atoms with Gasteiger partial charge in [-0.15, -0.1) is 0 Å². The van der Waals surface area contributed by atoms with Crippen LogP contribution >= 0.6 is 0 Å². The van der Waals surface area contributed by atoms with Gasteiger partial charge in [0.1, 0.15) is 15.9 Å². The summed E-state index contributed by atoms with van der Waals surface area (Å²) >= 11 is 0. The minimum Gasteiger partial charge on any atom is -0.459 e. The molecule has 0 N–H and O–H groups in total. The number of ether oxygens (including phenoxy) is 1. The van der Waals surface area contributed by atoms with Crippen molar-refractivity contribution in [3.05, 3.63) is 34.9 Å². The molecule has 0 unspecified atom stereocenters. The summed E-state index contributed by atoms with van der Waals surface area (Å²) in [5, 5.41) is -0.376. The van der Waals surface area contributed by atoms with Crippen molar-refractivity contribution in [2.75, 3.05) is 6.26 Å². The molecular formula is C15H20O4S. The highest BCUT2D eigenvalue weighted by atomic mass is 32.2. The van der Waals surface area contributed by atoms with Crippen LogP contribution in [0.4, 0.5) is 0 Å². The molecule has 0 bridgehead atoms. The third-order valence-electron chi connectivity index (χ3n) is 3.82. The number of rotatable bonds is 3. The zero-order valence-corrected chi connectivity index (χ0v) is 12.9. The summed E-state index contributed by atoms with van der Waals surface area (Å²) in [7, 11) is -3.04. The van der Waals surface area contributed by atoms with Gasteiger partial charge in [0.15, 0.2) is 0 Å². The number of hydrogen-bond acceptors (Lipinski definition) is 4. The quantitative estimate of drug-likeness (QED) is 0.804. The highest BCUT2D eigenvalue weighted by molar-refractivity contribution is 7.91. The van der Waals surface area contributed by atoms with Gasteiger partial charge in [-0.3, -0.25) is 0 Å². The maximum absolute atomic E-state index is 12.1. The van der Waals surface area contributed by atoms with Crippen LogP contribution < -0.4 is 0 Å². The molecule has 0 radical (unpaired) electrons. The van der Waals surface area contributed by atoms with Crippen LogP contribution in [-0.4, -0.2) is 32.0 Å². The first-order valence-electron chi connectivity index (χ1n) is 6.74. The number of benzene rings is 1. The van der Waals surface area contributed by atoms with Gasteiger partial charge >= 0.3 is 5.97 Å². The third-order valence-corrected chi connectivity index (χ3v) is 5.46. The van der Waals surface area contributed by atoms with Crippen molar-refractivity contribution in [3.8, 4) is 0 Å². The number of carbonyl (C=O) groups is 1. The van der Waals surface area contributed by atoms with E-state index >= 15 is 0 Å². The normalized spacial score (nSPS) is 22.8. The predicted molar refractivity (Wildman–Crippen MR) is 77.6 cm³/mol. The van der Waals surface area contributed by atoms with E-state index in [1.54, 1.807) is 6.07 Å². The second-order valence-corrected chi connectivity index (χ2v) is 7.94. The topological polar surface area (TPSA) is 60.4 Å². The van der Waals surface area contributed by atoms with Crippen molar-refractivity contribution in [2.45, 2.75) is 44.5 Å². The minimum atomic E-state index is -3.04. The summed E-state index contributed by atoms with van der Waals surface area (Å²) in [6, 6.07) is 5.57. The molecule has 110 valence electrons. The fourth-order valence-electron chi connectivity index (χ4n) is 2.65. The molecule has 1 aromatic carbocycles. The van der Waals surface area contributed by atoms with Gasteiger partial charge in [0.2, 0.25) is 0 Å². The number of hydrogen-bond donors (Lipinski definition) is 0. The average molecular weight is 296 g/mol. The van der Waals surface area contributed by atoms with Crippen LogP contribution in [0, 0.1) is 13.8 Å². The summed E-state index contributed by atoms with van der Waals surface area (Å²) in [6.07, 6.45) is 2.56. The third kappa shape index (κ3) is 3.39. The van der Waals surface area contributed by atoms with Crippen LogP contribution in [0.2, 0.25) is 0 Å². The second-order valence-electron chi connectivity index (χ2n) is 5.61. The molecule has 20 heavy (non-hydrogen) atoms. The standard InChI is InChI=1S/C15H20O4S/c1-10-4-7-14(11(2)8-10)15(16)19-12-5-6-13(9-12)20(3,17)18/h4,7-8,12-13H,5-6,9H2,1-3H3/t12-,13+/m0/s1. The van der Waals surface area contributed by atoms with Crippen LogP contribution in [0.15, 0.2) is 18.2 Å². The van der Waals surface area contributed by atoms with Gasteiger partial charge < -0.3 is 4.74 Å². The Hall–Kier alpha value is -1.36. The molecule has 1 fully saturated rings. The molecule has 0 amide bonds. The molecule has 2 atom stereocenters. The van der Waals surface area contributed by atoms with Crippen LogP contribution in [0.25, 0.3) is 0 Å². The molecule has 0 aliphatic heterocycles. The molecular weight excluding hydrogens is 276 g/mol. The lowest BCUT2D eigenvalue weighted by molar-refractivity contribution is 0.0317. The first-order valence-corrected chi connectivity index (χ1v) is 8.70. The fourth-order valence-corrected chi connectivity index (χ4v) is 3.78. The van der Waals surface area contributed by atoms with E-state index < -0.39 is 9.84 Å². The van der Waals surface area contributed by atoms with Crippen molar-refractivity contribution in [1.29, 1.82) is 0 Å². The minimum absolute atomic E-state index is 0.289. The van der Waals surface area contributed by atoms with E-state index in [1.807, 2.05) is 26.0 Å². The van der Waals surface area contributed by atoms with E-state index in [0.29, 0.717) is 24.8 Å². The Balaban J connectivity index is 2.03. The predicted octanol–water partition coefficient (Wildman–Crippen LogP) is 2.43. The summed E-state index contributed by atoms with van der Waals surface area (Å²) in [5.74, 6) is -0.360. The molecule has 0 aromatic heterocycles. The number of aryl methyl sites for hydroxylation is 2. The number of sulfone groups is 1. The Kier molecular flexibility index (Phi) is 4.18. The smallest absolute Gasteiger partial charge is 0.338 e. The Morgan fingerprint density at radius 3 is 2.50 bits per heavy atom. The second kappa shape index (κ2) is 5.56. The molecule has 2 rings (SSSR count). The van der Waals surface area contributed by atoms with Crippen molar-refractivity contribution in [3.63, 3.8) is 0 Å². The van der Waals surface area contributed by atoms with Crippen molar-refractivity contribution in [2.24, 2.45) is 0 Å². The molecule has 1 aromatic rings. The first kappa shape index (κ1) is 15.0. The van der Waals surface area contributed by atoms with E-state index in [1.165, 1.54) is 6.26 Å². The zero-order valence-electron chi connectivity index (χ0n) is 12.0. The molecule has 0 spiro atoms. The van der Waals surface area contributed by atoms with Gasteiger partial charge in [-0.2, -0.15) is 0 Å². The lowest BCUT2D eigenvalue weighted by Gasteiger charge is -2.13. The molecule has 4 nitrogen and oxygen atoms in total. The highest BCUT2D eigenvalue weighted by Gasteiger charge is 2.33. The zero-order chi connectivity index (χ0) is 14.9. The first-order chi connectivity index (χ1) is 9.27. The Morgan fingerprint density at radius 1 is 1.25 bits per heavy atom. The van der Waals surface area contributed by atoms with Crippen LogP contribution in [0.5, 0.6) is 0 Å². The van der Waals surface area contributed by atoms with Gasteiger partial charge in [0.05, 0.1) is 10.8 Å². The molecule has 5 heteroatoms. The van der Waals surface area contributed by atoms with E-state index in [2.05, 4.69) is 0 Å². The summed E-state index contributed by atoms with van der Waals surface area (Å²) in [4.78, 5) is 12.1. The summed E-state index contributed by atoms with van der Waals surface area (Å²) in [5.41, 5.74) is 2.53. The van der Waals surface area contributed by atoms with E-state index in [4.69, 9.17) is 4.74 Å². The van der Waals surface area contributed by atoms with Crippen molar-refractivity contribution >= 4 is 15.8 Å².